The van der Waals surface area contributed by atoms with Crippen LogP contribution in [0, 0.1) is 11.6 Å². The summed E-state index contributed by atoms with van der Waals surface area (Å²) in [7, 11) is 4.20. The van der Waals surface area contributed by atoms with Crippen LogP contribution < -0.4 is 19.5 Å². The normalized spacial score (nSPS) is 13.5. The quantitative estimate of drug-likeness (QED) is 0.508. The van der Waals surface area contributed by atoms with E-state index < -0.39 is 18.2 Å². The summed E-state index contributed by atoms with van der Waals surface area (Å²) in [6, 6.07) is 2.72. The molecule has 0 spiro atoms. The molecular weight excluding hydrogens is 466 g/mol. The molecule has 11 nitrogen and oxygen atoms in total. The number of ether oxygens (including phenoxy) is 4. The van der Waals surface area contributed by atoms with Crippen LogP contribution in [-0.2, 0) is 18.4 Å². The van der Waals surface area contributed by atoms with Gasteiger partial charge >= 0.3 is 0 Å². The van der Waals surface area contributed by atoms with Gasteiger partial charge in [0.1, 0.15) is 12.3 Å². The number of hydrogen-bond donors (Lipinski definition) is 1. The molecule has 186 valence electrons. The van der Waals surface area contributed by atoms with Gasteiger partial charge in [0.2, 0.25) is 5.95 Å². The zero-order valence-corrected chi connectivity index (χ0v) is 19.4. The van der Waals surface area contributed by atoms with E-state index in [0.717, 1.165) is 6.07 Å². The van der Waals surface area contributed by atoms with E-state index >= 15 is 0 Å². The zero-order valence-electron chi connectivity index (χ0n) is 19.4. The van der Waals surface area contributed by atoms with Crippen molar-refractivity contribution < 1.29 is 32.5 Å². The number of hydrogen-bond acceptors (Lipinski definition) is 9. The van der Waals surface area contributed by atoms with Gasteiger partial charge in [-0.15, -0.1) is 0 Å². The molecule has 1 aliphatic heterocycles. The minimum absolute atomic E-state index is 0.144. The maximum Gasteiger partial charge on any atom is 0.272 e. The standard InChI is InChI=1S/C22H24F2N6O5/c1-29-15(21(31)30-4-6-34-7-5-30)8-18(28-29)27-22-25-10-13(11-26-22)35-12-14-19(23)16(32-2)9-17(33-3)20(14)24/h8-11H,4-7,12H2,1-3H3,(H,25,26,27,28). The average Bonchev–Trinajstić information content (AvgIpc) is 3.24. The number of nitrogens with zero attached hydrogens (tertiary/aromatic N) is 5. The number of morpholine rings is 1. The Balaban J connectivity index is 1.41. The molecule has 13 heteroatoms. The first kappa shape index (κ1) is 24.1. The number of aromatic nitrogens is 4. The van der Waals surface area contributed by atoms with Gasteiger partial charge < -0.3 is 29.2 Å². The second-order valence-electron chi connectivity index (χ2n) is 7.49. The summed E-state index contributed by atoms with van der Waals surface area (Å²) in [6.45, 7) is 1.61. The summed E-state index contributed by atoms with van der Waals surface area (Å²) < 4.78 is 51.0. The molecule has 0 bridgehead atoms. The van der Waals surface area contributed by atoms with Crippen LogP contribution in [0.3, 0.4) is 0 Å². The van der Waals surface area contributed by atoms with Gasteiger partial charge in [0.05, 0.1) is 45.4 Å². The van der Waals surface area contributed by atoms with Crippen LogP contribution in [-0.4, -0.2) is 71.1 Å². The summed E-state index contributed by atoms with van der Waals surface area (Å²) >= 11 is 0. The number of anilines is 2. The van der Waals surface area contributed by atoms with Crippen LogP contribution in [0.5, 0.6) is 17.2 Å². The van der Waals surface area contributed by atoms with Crippen LogP contribution >= 0.6 is 0 Å². The lowest BCUT2D eigenvalue weighted by Gasteiger charge is -2.26. The minimum Gasteiger partial charge on any atom is -0.494 e. The Bertz CT molecular complexity index is 1170. The highest BCUT2D eigenvalue weighted by atomic mass is 19.1. The van der Waals surface area contributed by atoms with E-state index in [0.29, 0.717) is 37.8 Å². The largest absolute Gasteiger partial charge is 0.494 e. The molecule has 35 heavy (non-hydrogen) atoms. The van der Waals surface area contributed by atoms with Crippen molar-refractivity contribution in [3.05, 3.63) is 47.4 Å². The van der Waals surface area contributed by atoms with Crippen molar-refractivity contribution in [2.75, 3.05) is 45.8 Å². The fourth-order valence-electron chi connectivity index (χ4n) is 3.45. The smallest absolute Gasteiger partial charge is 0.272 e. The molecule has 1 fully saturated rings. The van der Waals surface area contributed by atoms with Crippen molar-refractivity contribution >= 4 is 17.7 Å². The molecule has 2 aromatic heterocycles. The first-order valence-electron chi connectivity index (χ1n) is 10.6. The van der Waals surface area contributed by atoms with E-state index in [9.17, 15) is 13.6 Å². The van der Waals surface area contributed by atoms with Gasteiger partial charge in [-0.25, -0.2) is 18.7 Å². The Hall–Kier alpha value is -4.00. The third-order valence-corrected chi connectivity index (χ3v) is 5.31. The number of benzene rings is 1. The Labute approximate surface area is 199 Å². The summed E-state index contributed by atoms with van der Waals surface area (Å²) in [4.78, 5) is 22.7. The third-order valence-electron chi connectivity index (χ3n) is 5.31. The number of rotatable bonds is 8. The molecule has 1 amide bonds. The third kappa shape index (κ3) is 5.24. The molecular formula is C22H24F2N6O5. The van der Waals surface area contributed by atoms with Gasteiger partial charge in [0.25, 0.3) is 5.91 Å². The van der Waals surface area contributed by atoms with Crippen LogP contribution in [0.2, 0.25) is 0 Å². The Morgan fingerprint density at radius 1 is 1.09 bits per heavy atom. The van der Waals surface area contributed by atoms with Crippen LogP contribution in [0.4, 0.5) is 20.5 Å². The summed E-state index contributed by atoms with van der Waals surface area (Å²) in [5.74, 6) is -1.49. The van der Waals surface area contributed by atoms with E-state index in [-0.39, 0.29) is 34.7 Å². The first-order valence-corrected chi connectivity index (χ1v) is 10.6. The molecule has 1 saturated heterocycles. The van der Waals surface area contributed by atoms with E-state index in [4.69, 9.17) is 18.9 Å². The summed E-state index contributed by atoms with van der Waals surface area (Å²) in [5.41, 5.74) is 0.0569. The van der Waals surface area contributed by atoms with Crippen molar-refractivity contribution in [3.63, 3.8) is 0 Å². The number of aryl methyl sites for hydroxylation is 1. The SMILES string of the molecule is COc1cc(OC)c(F)c(COc2cnc(Nc3cc(C(=O)N4CCOCC4)n(C)n3)nc2)c1F. The molecule has 0 atom stereocenters. The summed E-state index contributed by atoms with van der Waals surface area (Å²) in [5, 5.41) is 7.19. The molecule has 0 saturated carbocycles. The number of carbonyl (C=O) groups is 1. The van der Waals surface area contributed by atoms with E-state index in [1.165, 1.54) is 31.3 Å². The van der Waals surface area contributed by atoms with Gasteiger partial charge in [-0.2, -0.15) is 5.10 Å². The molecule has 1 aromatic carbocycles. The van der Waals surface area contributed by atoms with Crippen molar-refractivity contribution in [2.24, 2.45) is 7.05 Å². The topological polar surface area (TPSA) is 113 Å². The molecule has 1 N–H and O–H groups in total. The molecule has 0 unspecified atom stereocenters. The molecule has 1 aliphatic rings. The maximum atomic E-state index is 14.5. The fourth-order valence-corrected chi connectivity index (χ4v) is 3.45. The average molecular weight is 490 g/mol. The molecule has 3 heterocycles. The van der Waals surface area contributed by atoms with Gasteiger partial charge in [0.15, 0.2) is 34.7 Å². The predicted octanol–water partition coefficient (Wildman–Crippen LogP) is 2.30. The second kappa shape index (κ2) is 10.5. The van der Waals surface area contributed by atoms with Crippen molar-refractivity contribution in [1.82, 2.24) is 24.6 Å². The summed E-state index contributed by atoms with van der Waals surface area (Å²) in [6.07, 6.45) is 2.68. The van der Waals surface area contributed by atoms with Gasteiger partial charge in [-0.1, -0.05) is 0 Å². The van der Waals surface area contributed by atoms with Gasteiger partial charge in [-0.05, 0) is 0 Å². The van der Waals surface area contributed by atoms with E-state index in [1.54, 1.807) is 18.0 Å². The van der Waals surface area contributed by atoms with Crippen LogP contribution in [0.25, 0.3) is 0 Å². The maximum absolute atomic E-state index is 14.5. The van der Waals surface area contributed by atoms with E-state index in [1.807, 2.05) is 0 Å². The van der Waals surface area contributed by atoms with Crippen LogP contribution in [0.15, 0.2) is 24.5 Å². The van der Waals surface area contributed by atoms with Crippen molar-refractivity contribution in [1.29, 1.82) is 0 Å². The first-order chi connectivity index (χ1) is 16.9. The van der Waals surface area contributed by atoms with Gasteiger partial charge in [0, 0.05) is 32.3 Å². The number of carbonyl (C=O) groups excluding carboxylic acids is 1. The fraction of sp³-hybridized carbons (Fsp3) is 0.364. The zero-order chi connectivity index (χ0) is 24.9. The van der Waals surface area contributed by atoms with Crippen LogP contribution in [0.1, 0.15) is 16.1 Å². The highest BCUT2D eigenvalue weighted by Crippen LogP contribution is 2.32. The molecule has 0 radical (unpaired) electrons. The lowest BCUT2D eigenvalue weighted by molar-refractivity contribution is 0.0295. The number of nitrogens with one attached hydrogen (secondary N) is 1. The lowest BCUT2D eigenvalue weighted by Crippen LogP contribution is -2.41. The number of methoxy groups -OCH3 is 2. The molecule has 3 aromatic rings. The Morgan fingerprint density at radius 3 is 2.31 bits per heavy atom. The number of halogens is 2. The minimum atomic E-state index is -0.886. The van der Waals surface area contributed by atoms with Crippen molar-refractivity contribution in [3.8, 4) is 17.2 Å². The van der Waals surface area contributed by atoms with Crippen molar-refractivity contribution in [2.45, 2.75) is 6.61 Å². The predicted molar refractivity (Wildman–Crippen MR) is 119 cm³/mol. The Morgan fingerprint density at radius 2 is 1.71 bits per heavy atom. The number of amides is 1. The second-order valence-corrected chi connectivity index (χ2v) is 7.49. The highest BCUT2D eigenvalue weighted by molar-refractivity contribution is 5.93. The molecule has 0 aliphatic carbocycles. The molecule has 4 rings (SSSR count). The van der Waals surface area contributed by atoms with Gasteiger partial charge in [-0.3, -0.25) is 9.48 Å². The van der Waals surface area contributed by atoms with E-state index in [2.05, 4.69) is 20.4 Å². The monoisotopic (exact) mass is 490 g/mol. The lowest BCUT2D eigenvalue weighted by atomic mass is 10.1. The Kier molecular flexibility index (Phi) is 7.25. The highest BCUT2D eigenvalue weighted by Gasteiger charge is 2.23.